The summed E-state index contributed by atoms with van der Waals surface area (Å²) < 4.78 is 0. The Morgan fingerprint density at radius 3 is 2.56 bits per heavy atom. The summed E-state index contributed by atoms with van der Waals surface area (Å²) in [6.45, 7) is 6.73. The van der Waals surface area contributed by atoms with E-state index < -0.39 is 0 Å². The number of hydrogen-bond acceptors (Lipinski definition) is 4. The average Bonchev–Trinajstić information content (AvgIpc) is 3.11. The summed E-state index contributed by atoms with van der Waals surface area (Å²) in [5, 5.41) is 12.5. The highest BCUT2D eigenvalue weighted by molar-refractivity contribution is 5.92. The fraction of sp³-hybridized carbons (Fsp3) is 0.381. The van der Waals surface area contributed by atoms with Gasteiger partial charge in [-0.05, 0) is 43.0 Å². The normalized spacial score (nSPS) is 10.9. The summed E-state index contributed by atoms with van der Waals surface area (Å²) in [5.41, 5.74) is 2.66. The highest BCUT2D eigenvalue weighted by Crippen LogP contribution is 2.17. The van der Waals surface area contributed by atoms with E-state index in [2.05, 4.69) is 51.4 Å². The topological polar surface area (TPSA) is 73.9 Å². The van der Waals surface area contributed by atoms with Crippen molar-refractivity contribution in [3.05, 3.63) is 53.9 Å². The first-order valence-electron chi connectivity index (χ1n) is 9.64. The van der Waals surface area contributed by atoms with E-state index in [0.29, 0.717) is 12.2 Å². The van der Waals surface area contributed by atoms with E-state index in [1.54, 1.807) is 6.07 Å². The number of anilines is 1. The Bertz CT molecular complexity index is 866. The zero-order chi connectivity index (χ0) is 19.1. The molecule has 0 fully saturated rings. The van der Waals surface area contributed by atoms with Crippen molar-refractivity contribution < 1.29 is 4.79 Å². The third-order valence-electron chi connectivity index (χ3n) is 4.55. The highest BCUT2D eigenvalue weighted by atomic mass is 16.1. The van der Waals surface area contributed by atoms with Gasteiger partial charge in [0.15, 0.2) is 11.5 Å². The van der Waals surface area contributed by atoms with Gasteiger partial charge >= 0.3 is 0 Å². The largest absolute Gasteiger partial charge is 0.361 e. The SMILES string of the molecule is CCCN(CCC)c1ccc(C(=O)NCCc2c[nH]c3ccccc23)nn1. The molecule has 3 rings (SSSR count). The van der Waals surface area contributed by atoms with Gasteiger partial charge in [-0.3, -0.25) is 4.79 Å². The number of rotatable bonds is 9. The number of amides is 1. The first kappa shape index (κ1) is 18.9. The molecule has 3 aromatic rings. The second-order valence-corrected chi connectivity index (χ2v) is 6.63. The molecule has 2 aromatic heterocycles. The second-order valence-electron chi connectivity index (χ2n) is 6.63. The zero-order valence-electron chi connectivity index (χ0n) is 16.0. The van der Waals surface area contributed by atoms with E-state index in [1.165, 1.54) is 10.9 Å². The molecule has 0 aliphatic carbocycles. The van der Waals surface area contributed by atoms with Crippen LogP contribution < -0.4 is 10.2 Å². The Hall–Kier alpha value is -2.89. The molecule has 0 atom stereocenters. The van der Waals surface area contributed by atoms with Crippen LogP contribution in [0.4, 0.5) is 5.82 Å². The van der Waals surface area contributed by atoms with Crippen molar-refractivity contribution in [2.75, 3.05) is 24.5 Å². The standard InChI is InChI=1S/C21H27N5O/c1-3-13-26(14-4-2)20-10-9-19(24-25-20)21(27)22-12-11-16-15-23-18-8-6-5-7-17(16)18/h5-10,15,23H,3-4,11-14H2,1-2H3,(H,22,27). The van der Waals surface area contributed by atoms with E-state index in [9.17, 15) is 4.79 Å². The minimum atomic E-state index is -0.188. The summed E-state index contributed by atoms with van der Waals surface area (Å²) in [4.78, 5) is 17.8. The van der Waals surface area contributed by atoms with Crippen molar-refractivity contribution in [3.8, 4) is 0 Å². The maximum Gasteiger partial charge on any atom is 0.271 e. The summed E-state index contributed by atoms with van der Waals surface area (Å²) in [6.07, 6.45) is 4.87. The second kappa shape index (κ2) is 9.16. The zero-order valence-corrected chi connectivity index (χ0v) is 16.0. The van der Waals surface area contributed by atoms with Gasteiger partial charge in [0.2, 0.25) is 0 Å². The van der Waals surface area contributed by atoms with Crippen LogP contribution in [0.1, 0.15) is 42.7 Å². The fourth-order valence-electron chi connectivity index (χ4n) is 3.24. The minimum Gasteiger partial charge on any atom is -0.361 e. The van der Waals surface area contributed by atoms with E-state index in [1.807, 2.05) is 24.4 Å². The fourth-order valence-corrected chi connectivity index (χ4v) is 3.24. The van der Waals surface area contributed by atoms with Crippen molar-refractivity contribution in [1.82, 2.24) is 20.5 Å². The smallest absolute Gasteiger partial charge is 0.271 e. The van der Waals surface area contributed by atoms with Crippen molar-refractivity contribution in [2.24, 2.45) is 0 Å². The molecule has 2 heterocycles. The summed E-state index contributed by atoms with van der Waals surface area (Å²) >= 11 is 0. The maximum atomic E-state index is 12.3. The Morgan fingerprint density at radius 2 is 1.85 bits per heavy atom. The van der Waals surface area contributed by atoms with Gasteiger partial charge < -0.3 is 15.2 Å². The predicted molar refractivity (Wildman–Crippen MR) is 109 cm³/mol. The molecule has 142 valence electrons. The molecule has 1 aromatic carbocycles. The van der Waals surface area contributed by atoms with E-state index in [-0.39, 0.29) is 5.91 Å². The van der Waals surface area contributed by atoms with Gasteiger partial charge in [0.1, 0.15) is 0 Å². The number of carbonyl (C=O) groups is 1. The Labute approximate surface area is 160 Å². The van der Waals surface area contributed by atoms with Crippen LogP contribution in [0.5, 0.6) is 0 Å². The Kier molecular flexibility index (Phi) is 6.41. The molecule has 2 N–H and O–H groups in total. The lowest BCUT2D eigenvalue weighted by Gasteiger charge is -2.21. The van der Waals surface area contributed by atoms with Gasteiger partial charge in [-0.25, -0.2) is 0 Å². The van der Waals surface area contributed by atoms with Gasteiger partial charge in [-0.2, -0.15) is 0 Å². The van der Waals surface area contributed by atoms with Crippen LogP contribution in [-0.4, -0.2) is 40.7 Å². The van der Waals surface area contributed by atoms with Crippen molar-refractivity contribution in [3.63, 3.8) is 0 Å². The number of hydrogen-bond donors (Lipinski definition) is 2. The summed E-state index contributed by atoms with van der Waals surface area (Å²) in [5.74, 6) is 0.639. The lowest BCUT2D eigenvalue weighted by atomic mass is 10.1. The molecule has 0 unspecified atom stereocenters. The molecule has 0 spiro atoms. The maximum absolute atomic E-state index is 12.3. The number of aromatic amines is 1. The number of para-hydroxylation sites is 1. The number of benzene rings is 1. The molecule has 0 saturated heterocycles. The lowest BCUT2D eigenvalue weighted by Crippen LogP contribution is -2.28. The molecular weight excluding hydrogens is 338 g/mol. The van der Waals surface area contributed by atoms with Crippen molar-refractivity contribution in [1.29, 1.82) is 0 Å². The van der Waals surface area contributed by atoms with Crippen molar-refractivity contribution in [2.45, 2.75) is 33.1 Å². The van der Waals surface area contributed by atoms with Crippen molar-refractivity contribution >= 4 is 22.6 Å². The third kappa shape index (κ3) is 4.64. The molecular formula is C21H27N5O. The minimum absolute atomic E-state index is 0.188. The molecule has 0 aliphatic rings. The van der Waals surface area contributed by atoms with Crippen LogP contribution in [0.2, 0.25) is 0 Å². The van der Waals surface area contributed by atoms with Gasteiger partial charge in [0, 0.05) is 36.7 Å². The number of nitrogens with zero attached hydrogens (tertiary/aromatic N) is 3. The van der Waals surface area contributed by atoms with Crippen LogP contribution in [-0.2, 0) is 6.42 Å². The Balaban J connectivity index is 1.56. The molecule has 1 amide bonds. The molecule has 0 radical (unpaired) electrons. The molecule has 0 aliphatic heterocycles. The van der Waals surface area contributed by atoms with Gasteiger partial charge in [0.25, 0.3) is 5.91 Å². The van der Waals surface area contributed by atoms with Crippen LogP contribution >= 0.6 is 0 Å². The summed E-state index contributed by atoms with van der Waals surface area (Å²) in [6, 6.07) is 11.8. The number of carbonyl (C=O) groups excluding carboxylic acids is 1. The Morgan fingerprint density at radius 1 is 1.07 bits per heavy atom. The molecule has 6 nitrogen and oxygen atoms in total. The monoisotopic (exact) mass is 365 g/mol. The highest BCUT2D eigenvalue weighted by Gasteiger charge is 2.11. The first-order valence-corrected chi connectivity index (χ1v) is 9.64. The molecule has 27 heavy (non-hydrogen) atoms. The molecule has 0 saturated carbocycles. The number of nitrogens with one attached hydrogen (secondary N) is 2. The van der Waals surface area contributed by atoms with E-state index in [4.69, 9.17) is 0 Å². The van der Waals surface area contributed by atoms with Crippen LogP contribution in [0.3, 0.4) is 0 Å². The van der Waals surface area contributed by atoms with Crippen LogP contribution in [0.25, 0.3) is 10.9 Å². The quantitative estimate of drug-likeness (QED) is 0.608. The number of H-pyrrole nitrogens is 1. The predicted octanol–water partition coefficient (Wildman–Crippen LogP) is 3.56. The van der Waals surface area contributed by atoms with Gasteiger partial charge in [-0.1, -0.05) is 32.0 Å². The van der Waals surface area contributed by atoms with Crippen LogP contribution in [0, 0.1) is 0 Å². The van der Waals surface area contributed by atoms with Gasteiger partial charge in [-0.15, -0.1) is 10.2 Å². The average molecular weight is 365 g/mol. The molecule has 0 bridgehead atoms. The molecule has 6 heteroatoms. The third-order valence-corrected chi connectivity index (χ3v) is 4.55. The summed E-state index contributed by atoms with van der Waals surface area (Å²) in [7, 11) is 0. The first-order chi connectivity index (χ1) is 13.2. The number of aromatic nitrogens is 3. The van der Waals surface area contributed by atoms with Gasteiger partial charge in [0.05, 0.1) is 0 Å². The lowest BCUT2D eigenvalue weighted by molar-refractivity contribution is 0.0948. The van der Waals surface area contributed by atoms with Crippen LogP contribution in [0.15, 0.2) is 42.6 Å². The number of fused-ring (bicyclic) bond motifs is 1. The van der Waals surface area contributed by atoms with E-state index >= 15 is 0 Å². The van der Waals surface area contributed by atoms with E-state index in [0.717, 1.165) is 43.7 Å².